The highest BCUT2D eigenvalue weighted by atomic mass is 16.6. The van der Waals surface area contributed by atoms with Gasteiger partial charge in [0.15, 0.2) is 0 Å². The largest absolute Gasteiger partial charge is 0.458 e. The Morgan fingerprint density at radius 3 is 2.54 bits per heavy atom. The zero-order chi connectivity index (χ0) is 16.6. The predicted molar refractivity (Wildman–Crippen MR) is 86.7 cm³/mol. The van der Waals surface area contributed by atoms with E-state index in [2.05, 4.69) is 13.8 Å². The van der Waals surface area contributed by atoms with Crippen LogP contribution in [0.3, 0.4) is 0 Å². The molecule has 0 aromatic carbocycles. The number of carbonyl (C=O) groups is 2. The molecule has 5 fully saturated rings. The standard InChI is InChI=1S/C20H28O4/c1-3-11-9-5-13(12(11)4-2)15(6-9)19(21)23-17-10-7-14-16(8-10)20(22)24-18(14)17/h9-18H,3-8H2,1-2H3. The lowest BCUT2D eigenvalue weighted by atomic mass is 9.72. The average Bonchev–Trinajstić information content (AvgIpc) is 3.33. The second kappa shape index (κ2) is 5.22. The molecule has 5 aliphatic rings. The van der Waals surface area contributed by atoms with Crippen LogP contribution in [0.4, 0.5) is 0 Å². The minimum absolute atomic E-state index is 0.00699. The fourth-order valence-electron chi connectivity index (χ4n) is 7.40. The Bertz CT molecular complexity index is 572. The summed E-state index contributed by atoms with van der Waals surface area (Å²) in [6, 6.07) is 0. The summed E-state index contributed by atoms with van der Waals surface area (Å²) in [4.78, 5) is 24.8. The number of esters is 2. The van der Waals surface area contributed by atoms with Crippen molar-refractivity contribution >= 4 is 11.9 Å². The smallest absolute Gasteiger partial charge is 0.309 e. The number of hydrogen-bond acceptors (Lipinski definition) is 4. The van der Waals surface area contributed by atoms with E-state index in [0.717, 1.165) is 31.1 Å². The third-order valence-corrected chi connectivity index (χ3v) is 8.27. The molecule has 0 radical (unpaired) electrons. The average molecular weight is 332 g/mol. The molecule has 0 aromatic heterocycles. The topological polar surface area (TPSA) is 52.6 Å². The Kier molecular flexibility index (Phi) is 3.31. The van der Waals surface area contributed by atoms with E-state index in [9.17, 15) is 9.59 Å². The van der Waals surface area contributed by atoms with E-state index in [4.69, 9.17) is 9.47 Å². The van der Waals surface area contributed by atoms with Crippen LogP contribution in [0.2, 0.25) is 0 Å². The SMILES string of the molecule is CCC1C2CC(C(=O)OC3C4CC5C(=O)OC3C5C4)C(C2)C1CC. The van der Waals surface area contributed by atoms with Crippen LogP contribution in [0.1, 0.15) is 52.4 Å². The first-order chi connectivity index (χ1) is 11.6. The van der Waals surface area contributed by atoms with Crippen molar-refractivity contribution in [3.05, 3.63) is 0 Å². The van der Waals surface area contributed by atoms with Gasteiger partial charge in [0.1, 0.15) is 12.2 Å². The van der Waals surface area contributed by atoms with Crippen LogP contribution in [0.15, 0.2) is 0 Å². The first kappa shape index (κ1) is 15.2. The van der Waals surface area contributed by atoms with Crippen molar-refractivity contribution in [3.8, 4) is 0 Å². The molecule has 1 heterocycles. The number of rotatable bonds is 4. The van der Waals surface area contributed by atoms with Crippen molar-refractivity contribution in [2.45, 2.75) is 64.6 Å². The van der Waals surface area contributed by atoms with Gasteiger partial charge in [-0.15, -0.1) is 0 Å². The minimum Gasteiger partial charge on any atom is -0.458 e. The lowest BCUT2D eigenvalue weighted by molar-refractivity contribution is -0.168. The maximum atomic E-state index is 12.9. The quantitative estimate of drug-likeness (QED) is 0.742. The van der Waals surface area contributed by atoms with Crippen molar-refractivity contribution in [2.24, 2.45) is 47.3 Å². The maximum absolute atomic E-state index is 12.9. The van der Waals surface area contributed by atoms with E-state index in [1.807, 2.05) is 0 Å². The summed E-state index contributed by atoms with van der Waals surface area (Å²) in [6.07, 6.45) is 6.23. The summed E-state index contributed by atoms with van der Waals surface area (Å²) >= 11 is 0. The van der Waals surface area contributed by atoms with Gasteiger partial charge in [0.25, 0.3) is 0 Å². The zero-order valence-electron chi connectivity index (χ0n) is 14.6. The highest BCUT2D eigenvalue weighted by Crippen LogP contribution is 2.59. The Balaban J connectivity index is 1.28. The predicted octanol–water partition coefficient (Wildman–Crippen LogP) is 3.19. The van der Waals surface area contributed by atoms with Crippen molar-refractivity contribution in [1.29, 1.82) is 0 Å². The van der Waals surface area contributed by atoms with Gasteiger partial charge in [0.2, 0.25) is 0 Å². The third-order valence-electron chi connectivity index (χ3n) is 8.27. The highest BCUT2D eigenvalue weighted by Gasteiger charge is 2.64. The first-order valence-corrected chi connectivity index (χ1v) is 10.0. The Morgan fingerprint density at radius 2 is 1.79 bits per heavy atom. The number of fused-ring (bicyclic) bond motifs is 3. The van der Waals surface area contributed by atoms with Crippen molar-refractivity contribution in [1.82, 2.24) is 0 Å². The van der Waals surface area contributed by atoms with Crippen LogP contribution < -0.4 is 0 Å². The van der Waals surface area contributed by atoms with Gasteiger partial charge in [0, 0.05) is 11.8 Å². The summed E-state index contributed by atoms with van der Waals surface area (Å²) in [5, 5.41) is 0. The molecule has 10 unspecified atom stereocenters. The normalized spacial score (nSPS) is 53.7. The zero-order valence-corrected chi connectivity index (χ0v) is 14.6. The lowest BCUT2D eigenvalue weighted by Gasteiger charge is -2.35. The molecule has 4 bridgehead atoms. The molecule has 4 aliphatic carbocycles. The van der Waals surface area contributed by atoms with Crippen molar-refractivity contribution in [3.63, 3.8) is 0 Å². The second-order valence-electron chi connectivity index (χ2n) is 8.95. The summed E-state index contributed by atoms with van der Waals surface area (Å²) in [5.41, 5.74) is 0. The second-order valence-corrected chi connectivity index (χ2v) is 8.95. The van der Waals surface area contributed by atoms with Gasteiger partial charge in [-0.2, -0.15) is 0 Å². The monoisotopic (exact) mass is 332 g/mol. The van der Waals surface area contributed by atoms with Crippen molar-refractivity contribution < 1.29 is 19.1 Å². The van der Waals surface area contributed by atoms with Gasteiger partial charge >= 0.3 is 11.9 Å². The van der Waals surface area contributed by atoms with Crippen LogP contribution >= 0.6 is 0 Å². The molecule has 1 aliphatic heterocycles. The lowest BCUT2D eigenvalue weighted by Crippen LogP contribution is -2.40. The molecule has 0 aromatic rings. The third kappa shape index (κ3) is 1.86. The summed E-state index contributed by atoms with van der Waals surface area (Å²) in [5.74, 6) is 3.55. The molecule has 1 saturated heterocycles. The molecule has 0 spiro atoms. The van der Waals surface area contributed by atoms with E-state index < -0.39 is 0 Å². The van der Waals surface area contributed by atoms with Gasteiger partial charge in [-0.25, -0.2) is 0 Å². The summed E-state index contributed by atoms with van der Waals surface area (Å²) in [7, 11) is 0. The van der Waals surface area contributed by atoms with E-state index >= 15 is 0 Å². The van der Waals surface area contributed by atoms with Gasteiger partial charge in [-0.3, -0.25) is 9.59 Å². The fraction of sp³-hybridized carbons (Fsp3) is 0.900. The van der Waals surface area contributed by atoms with Gasteiger partial charge in [-0.1, -0.05) is 26.7 Å². The summed E-state index contributed by atoms with van der Waals surface area (Å²) < 4.78 is 11.5. The molecule has 4 nitrogen and oxygen atoms in total. The maximum Gasteiger partial charge on any atom is 0.309 e. The molecule has 10 atom stereocenters. The highest BCUT2D eigenvalue weighted by molar-refractivity contribution is 5.77. The number of hydrogen-bond donors (Lipinski definition) is 0. The molecular formula is C20H28O4. The molecular weight excluding hydrogens is 304 g/mol. The van der Waals surface area contributed by atoms with Crippen LogP contribution in [0.5, 0.6) is 0 Å². The van der Waals surface area contributed by atoms with E-state index in [1.165, 1.54) is 19.3 Å². The van der Waals surface area contributed by atoms with Gasteiger partial charge < -0.3 is 9.47 Å². The number of carbonyl (C=O) groups excluding carboxylic acids is 2. The molecule has 4 heteroatoms. The van der Waals surface area contributed by atoms with E-state index in [1.54, 1.807) is 0 Å². The van der Waals surface area contributed by atoms with E-state index in [-0.39, 0.29) is 36.0 Å². The Labute approximate surface area is 143 Å². The molecule has 4 saturated carbocycles. The minimum atomic E-state index is -0.161. The Hall–Kier alpha value is -1.06. The molecule has 132 valence electrons. The molecule has 0 N–H and O–H groups in total. The molecule has 24 heavy (non-hydrogen) atoms. The molecule has 5 rings (SSSR count). The van der Waals surface area contributed by atoms with Crippen molar-refractivity contribution in [2.75, 3.05) is 0 Å². The van der Waals surface area contributed by atoms with E-state index in [0.29, 0.717) is 23.7 Å². The molecule has 0 amide bonds. The van der Waals surface area contributed by atoms with Crippen LogP contribution in [0, 0.1) is 47.3 Å². The number of ether oxygens (including phenoxy) is 2. The Morgan fingerprint density at radius 1 is 1.04 bits per heavy atom. The van der Waals surface area contributed by atoms with Gasteiger partial charge in [-0.05, 0) is 49.4 Å². The fourth-order valence-corrected chi connectivity index (χ4v) is 7.40. The van der Waals surface area contributed by atoms with Crippen LogP contribution in [0.25, 0.3) is 0 Å². The van der Waals surface area contributed by atoms with Crippen LogP contribution in [-0.4, -0.2) is 24.1 Å². The first-order valence-electron chi connectivity index (χ1n) is 10.0. The summed E-state index contributed by atoms with van der Waals surface area (Å²) in [6.45, 7) is 4.56. The van der Waals surface area contributed by atoms with Crippen LogP contribution in [-0.2, 0) is 19.1 Å². The van der Waals surface area contributed by atoms with Gasteiger partial charge in [0.05, 0.1) is 11.8 Å².